The molecule has 1 aliphatic rings. The Labute approximate surface area is 117 Å². The fraction of sp³-hybridized carbons (Fsp3) is 0.429. The summed E-state index contributed by atoms with van der Waals surface area (Å²) < 4.78 is 0. The normalized spacial score (nSPS) is 20.9. The number of carboxylic acid groups (broad SMARTS) is 1. The van der Waals surface area contributed by atoms with Crippen LogP contribution in [0.5, 0.6) is 0 Å². The van der Waals surface area contributed by atoms with E-state index < -0.39 is 5.97 Å². The van der Waals surface area contributed by atoms with Gasteiger partial charge in [-0.2, -0.15) is 0 Å². The largest absolute Gasteiger partial charge is 0.480 e. The minimum atomic E-state index is -0.977. The molecule has 0 bridgehead atoms. The summed E-state index contributed by atoms with van der Waals surface area (Å²) in [7, 11) is 0. The third kappa shape index (κ3) is 3.26. The number of halogens is 1. The van der Waals surface area contributed by atoms with Crippen LogP contribution in [0.1, 0.15) is 24.8 Å². The number of aliphatic carboxylic acids is 1. The topological polar surface area (TPSA) is 57.6 Å². The molecule has 0 radical (unpaired) electrons. The lowest BCUT2D eigenvalue weighted by Crippen LogP contribution is -2.36. The zero-order valence-electron chi connectivity index (χ0n) is 10.7. The molecule has 2 atom stereocenters. The maximum Gasteiger partial charge on any atom is 0.323 e. The van der Waals surface area contributed by atoms with Gasteiger partial charge in [0.15, 0.2) is 0 Å². The minimum absolute atomic E-state index is 0.0742. The summed E-state index contributed by atoms with van der Waals surface area (Å²) in [5.74, 6) is -0.975. The van der Waals surface area contributed by atoms with Crippen molar-refractivity contribution in [3.63, 3.8) is 0 Å². The molecule has 1 aromatic carbocycles. The quantitative estimate of drug-likeness (QED) is 0.901. The van der Waals surface area contributed by atoms with Gasteiger partial charge in [-0.3, -0.25) is 9.59 Å². The number of amides is 1. The lowest BCUT2D eigenvalue weighted by atomic mass is 10.1. The Bertz CT molecular complexity index is 503. The highest BCUT2D eigenvalue weighted by Crippen LogP contribution is 2.48. The molecule has 0 saturated heterocycles. The summed E-state index contributed by atoms with van der Waals surface area (Å²) in [6.45, 7) is 1.98. The van der Waals surface area contributed by atoms with Crippen LogP contribution in [-0.4, -0.2) is 35.0 Å². The van der Waals surface area contributed by atoms with Gasteiger partial charge in [0.25, 0.3) is 0 Å². The first-order valence-corrected chi connectivity index (χ1v) is 6.66. The van der Waals surface area contributed by atoms with Crippen molar-refractivity contribution in [3.05, 3.63) is 34.9 Å². The molecule has 0 heterocycles. The van der Waals surface area contributed by atoms with Gasteiger partial charge in [-0.15, -0.1) is 0 Å². The van der Waals surface area contributed by atoms with E-state index in [1.54, 1.807) is 13.0 Å². The number of nitrogens with zero attached hydrogens (tertiary/aromatic N) is 1. The zero-order chi connectivity index (χ0) is 14.0. The Balaban J connectivity index is 2.02. The molecule has 0 unspecified atom stereocenters. The molecule has 1 fully saturated rings. The third-order valence-electron chi connectivity index (χ3n) is 3.40. The first-order chi connectivity index (χ1) is 9.02. The summed E-state index contributed by atoms with van der Waals surface area (Å²) in [5, 5.41) is 9.43. The van der Waals surface area contributed by atoms with Gasteiger partial charge >= 0.3 is 5.97 Å². The van der Waals surface area contributed by atoms with Crippen LogP contribution in [0.25, 0.3) is 0 Å². The van der Waals surface area contributed by atoms with Crippen LogP contribution < -0.4 is 0 Å². The summed E-state index contributed by atoms with van der Waals surface area (Å²) in [6, 6.07) is 7.49. The van der Waals surface area contributed by atoms with Crippen molar-refractivity contribution < 1.29 is 14.7 Å². The van der Waals surface area contributed by atoms with Crippen LogP contribution in [0.2, 0.25) is 5.02 Å². The standard InChI is InChI=1S/C14H16ClNO3/c1-2-16(8-13(17)18)14(19)12-7-11(12)9-4-3-5-10(15)6-9/h3-6,11-12H,2,7-8H2,1H3,(H,17,18)/t11-,12-/m0/s1. The Kier molecular flexibility index (Phi) is 4.10. The number of carbonyl (C=O) groups is 2. The van der Waals surface area contributed by atoms with E-state index in [9.17, 15) is 9.59 Å². The molecule has 4 nitrogen and oxygen atoms in total. The number of hydrogen-bond donors (Lipinski definition) is 1. The van der Waals surface area contributed by atoms with Gasteiger partial charge in [-0.1, -0.05) is 23.7 Å². The van der Waals surface area contributed by atoms with Crippen LogP contribution >= 0.6 is 11.6 Å². The highest BCUT2D eigenvalue weighted by Gasteiger charge is 2.45. The van der Waals surface area contributed by atoms with Crippen LogP contribution in [-0.2, 0) is 9.59 Å². The van der Waals surface area contributed by atoms with Gasteiger partial charge in [-0.05, 0) is 37.0 Å². The Morgan fingerprint density at radius 3 is 2.79 bits per heavy atom. The van der Waals surface area contributed by atoms with E-state index in [-0.39, 0.29) is 24.3 Å². The number of likely N-dealkylation sites (N-methyl/N-ethyl adjacent to an activating group) is 1. The molecule has 102 valence electrons. The monoisotopic (exact) mass is 281 g/mol. The zero-order valence-corrected chi connectivity index (χ0v) is 11.4. The molecule has 1 aliphatic carbocycles. The molecule has 1 saturated carbocycles. The fourth-order valence-electron chi connectivity index (χ4n) is 2.32. The van der Waals surface area contributed by atoms with Crippen molar-refractivity contribution in [2.24, 2.45) is 5.92 Å². The SMILES string of the molecule is CCN(CC(=O)O)C(=O)[C@H]1C[C@H]1c1cccc(Cl)c1. The van der Waals surface area contributed by atoms with Gasteiger partial charge in [0.05, 0.1) is 0 Å². The molecule has 1 aromatic rings. The lowest BCUT2D eigenvalue weighted by molar-refractivity contribution is -0.144. The van der Waals surface area contributed by atoms with E-state index in [1.165, 1.54) is 4.90 Å². The van der Waals surface area contributed by atoms with E-state index in [2.05, 4.69) is 0 Å². The van der Waals surface area contributed by atoms with Crippen molar-refractivity contribution in [3.8, 4) is 0 Å². The van der Waals surface area contributed by atoms with E-state index in [1.807, 2.05) is 18.2 Å². The third-order valence-corrected chi connectivity index (χ3v) is 3.64. The molecule has 19 heavy (non-hydrogen) atoms. The van der Waals surface area contributed by atoms with Crippen LogP contribution in [0, 0.1) is 5.92 Å². The second-order valence-electron chi connectivity index (χ2n) is 4.75. The van der Waals surface area contributed by atoms with E-state index in [0.717, 1.165) is 12.0 Å². The van der Waals surface area contributed by atoms with E-state index in [0.29, 0.717) is 11.6 Å². The molecular formula is C14H16ClNO3. The average Bonchev–Trinajstić information content (AvgIpc) is 3.15. The van der Waals surface area contributed by atoms with Crippen LogP contribution in [0.3, 0.4) is 0 Å². The molecular weight excluding hydrogens is 266 g/mol. The summed E-state index contributed by atoms with van der Waals surface area (Å²) >= 11 is 5.93. The minimum Gasteiger partial charge on any atom is -0.480 e. The Morgan fingerprint density at radius 2 is 2.21 bits per heavy atom. The molecule has 0 aliphatic heterocycles. The van der Waals surface area contributed by atoms with Crippen molar-refractivity contribution in [1.82, 2.24) is 4.90 Å². The predicted molar refractivity (Wildman–Crippen MR) is 72.2 cm³/mol. The van der Waals surface area contributed by atoms with Crippen LogP contribution in [0.4, 0.5) is 0 Å². The molecule has 0 aromatic heterocycles. The summed E-state index contributed by atoms with van der Waals surface area (Å²) in [4.78, 5) is 24.3. The van der Waals surface area contributed by atoms with Gasteiger partial charge in [0.2, 0.25) is 5.91 Å². The predicted octanol–water partition coefficient (Wildman–Crippen LogP) is 2.38. The van der Waals surface area contributed by atoms with Crippen LogP contribution in [0.15, 0.2) is 24.3 Å². The van der Waals surface area contributed by atoms with Gasteiger partial charge in [0.1, 0.15) is 6.54 Å². The van der Waals surface area contributed by atoms with Crippen molar-refractivity contribution >= 4 is 23.5 Å². The summed E-state index contributed by atoms with van der Waals surface area (Å²) in [5.41, 5.74) is 1.05. The molecule has 1 amide bonds. The first kappa shape index (κ1) is 13.9. The van der Waals surface area contributed by atoms with Crippen molar-refractivity contribution in [2.45, 2.75) is 19.3 Å². The summed E-state index contributed by atoms with van der Waals surface area (Å²) in [6.07, 6.45) is 0.773. The average molecular weight is 282 g/mol. The van der Waals surface area contributed by atoms with Crippen molar-refractivity contribution in [1.29, 1.82) is 0 Å². The number of carbonyl (C=O) groups excluding carboxylic acids is 1. The molecule has 2 rings (SSSR count). The smallest absolute Gasteiger partial charge is 0.323 e. The van der Waals surface area contributed by atoms with E-state index >= 15 is 0 Å². The second kappa shape index (κ2) is 5.61. The second-order valence-corrected chi connectivity index (χ2v) is 5.19. The highest BCUT2D eigenvalue weighted by atomic mass is 35.5. The maximum absolute atomic E-state index is 12.2. The maximum atomic E-state index is 12.2. The highest BCUT2D eigenvalue weighted by molar-refractivity contribution is 6.30. The lowest BCUT2D eigenvalue weighted by Gasteiger charge is -2.18. The molecule has 5 heteroatoms. The fourth-order valence-corrected chi connectivity index (χ4v) is 2.52. The number of carboxylic acids is 1. The van der Waals surface area contributed by atoms with Gasteiger partial charge < -0.3 is 10.0 Å². The number of rotatable bonds is 5. The van der Waals surface area contributed by atoms with E-state index in [4.69, 9.17) is 16.7 Å². The molecule has 1 N–H and O–H groups in total. The Hall–Kier alpha value is -1.55. The number of benzene rings is 1. The molecule has 0 spiro atoms. The van der Waals surface area contributed by atoms with Gasteiger partial charge in [0, 0.05) is 17.5 Å². The first-order valence-electron chi connectivity index (χ1n) is 6.29. The van der Waals surface area contributed by atoms with Gasteiger partial charge in [-0.25, -0.2) is 0 Å². The Morgan fingerprint density at radius 1 is 1.47 bits per heavy atom. The number of hydrogen-bond acceptors (Lipinski definition) is 2. The van der Waals surface area contributed by atoms with Crippen molar-refractivity contribution in [2.75, 3.05) is 13.1 Å².